The molecule has 0 rings (SSSR count). The Kier molecular flexibility index (Phi) is 35.3. The molecule has 0 bridgehead atoms. The monoisotopic (exact) mass is 1340 g/mol. The lowest BCUT2D eigenvalue weighted by Gasteiger charge is -2.48. The summed E-state index contributed by atoms with van der Waals surface area (Å²) < 4.78 is 77.8. The van der Waals surface area contributed by atoms with Crippen LogP contribution in [0.3, 0.4) is 0 Å². The van der Waals surface area contributed by atoms with Gasteiger partial charge in [-0.15, -0.1) is 0 Å². The third-order valence-electron chi connectivity index (χ3n) is 12.4. The minimum Gasteiger partial charge on any atom is -0.419 e. The van der Waals surface area contributed by atoms with Crippen LogP contribution in [0.25, 0.3) is 0 Å². The molecule has 0 aliphatic rings. The van der Waals surface area contributed by atoms with E-state index in [1.54, 1.807) is 0 Å². The quantitative estimate of drug-likeness (QED) is 0.197. The van der Waals surface area contributed by atoms with Crippen LogP contribution in [0, 0.1) is 0 Å². The zero-order valence-electron chi connectivity index (χ0n) is 71.1. The van der Waals surface area contributed by atoms with E-state index in [4.69, 9.17) is 46.7 Å². The molecule has 0 fully saturated rings. The summed E-state index contributed by atoms with van der Waals surface area (Å²) in [6.45, 7) is 115. The Morgan fingerprint density at radius 3 is 0.442 bits per heavy atom. The summed E-state index contributed by atoms with van der Waals surface area (Å²) in [7, 11) is -13.5. The van der Waals surface area contributed by atoms with Crippen molar-refractivity contribution in [1.29, 1.82) is 2.47 Å². The highest BCUT2D eigenvalue weighted by Gasteiger charge is 2.59. The number of hydrogen-bond acceptors (Lipinski definition) is 10. The van der Waals surface area contributed by atoms with Crippen LogP contribution >= 0.6 is 0 Å². The van der Waals surface area contributed by atoms with E-state index in [1.807, 2.05) is 41.5 Å². The summed E-state index contributed by atoms with van der Waals surface area (Å²) >= 11 is 0. The van der Waals surface area contributed by atoms with Crippen LogP contribution in [0.5, 0.6) is 0 Å². The average molecular weight is 1340 g/mol. The fourth-order valence-electron chi connectivity index (χ4n) is 6.87. The van der Waals surface area contributed by atoms with Crippen molar-refractivity contribution in [2.45, 2.75) is 458 Å². The van der Waals surface area contributed by atoms with Gasteiger partial charge in [-0.3, -0.25) is 0 Å². The van der Waals surface area contributed by atoms with Crippen LogP contribution in [0.15, 0.2) is 0 Å². The van der Waals surface area contributed by atoms with Crippen molar-refractivity contribution >= 4 is 52.2 Å². The fourth-order valence-corrected chi connectivity index (χ4v) is 20.6. The minimum absolute atomic E-state index is 0.00298. The van der Waals surface area contributed by atoms with Gasteiger partial charge in [0.2, 0.25) is 0 Å². The largest absolute Gasteiger partial charge is 0.507 e. The highest BCUT2D eigenvalue weighted by molar-refractivity contribution is 6.74. The second-order valence-electron chi connectivity index (χ2n) is 41.2. The lowest BCUT2D eigenvalue weighted by molar-refractivity contribution is -0.0875. The Balaban J connectivity index is -0.000000232. The van der Waals surface area contributed by atoms with E-state index in [0.717, 1.165) is 0 Å². The molecule has 0 radical (unpaired) electrons. The highest BCUT2D eigenvalue weighted by Crippen LogP contribution is 2.47. The molecule has 0 heterocycles. The number of hydrogen-bond donors (Lipinski definition) is 0. The van der Waals surface area contributed by atoms with Gasteiger partial charge in [0, 0.05) is 34.4 Å². The van der Waals surface area contributed by atoms with Gasteiger partial charge in [0.15, 0.2) is 26.3 Å². The van der Waals surface area contributed by atoms with Gasteiger partial charge in [-0.2, -0.15) is 0 Å². The molecule has 0 unspecified atom stereocenters. The predicted octanol–water partition coefficient (Wildman–Crippen LogP) is 23.9. The van der Waals surface area contributed by atoms with E-state index in [2.05, 4.69) is 330 Å². The molecule has 528 valence electrons. The van der Waals surface area contributed by atoms with Crippen molar-refractivity contribution in [1.82, 2.24) is 0 Å². The van der Waals surface area contributed by atoms with Crippen LogP contribution in [0.1, 0.15) is 332 Å². The van der Waals surface area contributed by atoms with Gasteiger partial charge in [0.25, 0.3) is 0 Å². The van der Waals surface area contributed by atoms with Gasteiger partial charge < -0.3 is 44.3 Å². The molecule has 0 N–H and O–H groups in total. The number of rotatable bonds is 10. The first-order valence-electron chi connectivity index (χ1n) is 33.6. The van der Waals surface area contributed by atoms with E-state index in [0.29, 0.717) is 10.1 Å². The summed E-state index contributed by atoms with van der Waals surface area (Å²) in [6, 6.07) is 0. The molecule has 0 saturated heterocycles. The Morgan fingerprint density at radius 1 is 0.209 bits per heavy atom. The SMILES string of the molecule is CC(C)(C)O[Si](C)(C)C(C)(C)C.CC(C)(C)O[Si](C)(C)C(C)(C)C.CC(C)(C)O[Si](C)(OC(C)(C)C)C(C)(C)C.CC(C)(C)O[Si](C)(OC(C)(C)C)C(C)(C)C.CC(C)(C)O[Si](OC(C)(C)C)(OC(C)(C)C)C(C)(C)C.[2H][Si]([2H])(OC(C)(C)C)C(C)(C)C. The Hall–Kier alpha value is 0.901. The van der Waals surface area contributed by atoms with E-state index in [1.165, 1.54) is 0 Å². The summed E-state index contributed by atoms with van der Waals surface area (Å²) in [4.78, 5) is 0. The van der Waals surface area contributed by atoms with Crippen molar-refractivity contribution in [3.05, 3.63) is 0 Å². The molecule has 86 heavy (non-hydrogen) atoms. The second-order valence-corrected chi connectivity index (χ2v) is 63.4. The Labute approximate surface area is 553 Å². The molecule has 0 atom stereocenters. The molecule has 0 aliphatic carbocycles. The average Bonchev–Trinajstić information content (AvgIpc) is 3.01. The third kappa shape index (κ3) is 52.3. The first-order chi connectivity index (χ1) is 36.6. The summed E-state index contributed by atoms with van der Waals surface area (Å²) in [5.41, 5.74) is -1.91. The first kappa shape index (κ1) is 93.3. The van der Waals surface area contributed by atoms with Gasteiger partial charge in [-0.25, -0.2) is 0 Å². The zero-order valence-corrected chi connectivity index (χ0v) is 75.1. The van der Waals surface area contributed by atoms with E-state index >= 15 is 0 Å². The van der Waals surface area contributed by atoms with Crippen molar-refractivity contribution < 1.29 is 44.3 Å². The van der Waals surface area contributed by atoms with Crippen molar-refractivity contribution in [2.75, 3.05) is 0 Å². The van der Waals surface area contributed by atoms with Crippen LogP contribution in [0.2, 0.25) is 69.5 Å². The van der Waals surface area contributed by atoms with Crippen LogP contribution in [-0.4, -0.2) is 111 Å². The van der Waals surface area contributed by atoms with Crippen LogP contribution in [0.4, 0.5) is 0 Å². The van der Waals surface area contributed by atoms with Crippen molar-refractivity contribution in [3.8, 4) is 0 Å². The fraction of sp³-hybridized carbons (Fsp3) is 1.00. The summed E-state index contributed by atoms with van der Waals surface area (Å²) in [5.74, 6) is 0. The maximum absolute atomic E-state index is 7.82. The molecule has 0 aromatic heterocycles. The predicted molar refractivity (Wildman–Crippen MR) is 399 cm³/mol. The van der Waals surface area contributed by atoms with E-state index in [-0.39, 0.29) is 76.2 Å². The molecule has 0 spiro atoms. The first-order valence-corrected chi connectivity index (χ1v) is 45.7. The smallest absolute Gasteiger partial charge is 0.419 e. The molecule has 16 heteroatoms. The Bertz CT molecular complexity index is 1730. The van der Waals surface area contributed by atoms with Gasteiger partial charge in [-0.1, -0.05) is 125 Å². The zero-order chi connectivity index (χ0) is 74.1. The maximum Gasteiger partial charge on any atom is 0.507 e. The van der Waals surface area contributed by atoms with Crippen molar-refractivity contribution in [3.63, 3.8) is 0 Å². The molecule has 0 aliphatic heterocycles. The van der Waals surface area contributed by atoms with Crippen molar-refractivity contribution in [2.24, 2.45) is 0 Å². The van der Waals surface area contributed by atoms with E-state index < -0.39 is 52.2 Å². The highest BCUT2D eigenvalue weighted by atomic mass is 28.4. The Morgan fingerprint density at radius 2 is 0.372 bits per heavy atom. The third-order valence-corrected chi connectivity index (χ3v) is 37.1. The molecule has 0 aromatic carbocycles. The normalized spacial score (nSPS) is 15.7. The van der Waals surface area contributed by atoms with E-state index in [9.17, 15) is 0 Å². The summed E-state index contributed by atoms with van der Waals surface area (Å²) in [5, 5.41) is 0.225. The lowest BCUT2D eigenvalue weighted by Crippen LogP contribution is -2.62. The molecular formula is C70H164O10Si6. The minimum atomic E-state index is -3.04. The van der Waals surface area contributed by atoms with Crippen LogP contribution in [-0.2, 0) is 44.3 Å². The standard InChI is InChI=1S/C16H36O3Si.2C13H30O2Si.2C10H24OSi.C8H20OSi/c1-13(2,3)17-20(16(10,11)12,18-14(4,5)6)19-15(7,8)9;2*1-11(2,3)14-16(10,13(7,8)9)15-12(4,5)6;2*1-9(2,3)11-12(7,8)10(4,5)6;1-7(2,3)9-10-8(4,5)6/h1-12H3;2*1-10H3;2*1-8H3;10H2,1-6H3/i;;;;;10D2. The van der Waals surface area contributed by atoms with Gasteiger partial charge >= 0.3 is 25.9 Å². The summed E-state index contributed by atoms with van der Waals surface area (Å²) in [6.07, 6.45) is 0. The lowest BCUT2D eigenvalue weighted by atomic mass is 10.2. The molecule has 0 saturated carbocycles. The molecule has 0 aromatic rings. The molecule has 0 amide bonds. The molecular weight excluding hydrogens is 1170 g/mol. The maximum atomic E-state index is 7.82. The van der Waals surface area contributed by atoms with Gasteiger partial charge in [0.05, 0.1) is 39.2 Å². The molecule has 10 nitrogen and oxygen atoms in total. The van der Waals surface area contributed by atoms with Gasteiger partial charge in [0.1, 0.15) is 0 Å². The van der Waals surface area contributed by atoms with Gasteiger partial charge in [-0.05, 0) is 262 Å². The van der Waals surface area contributed by atoms with Crippen LogP contribution < -0.4 is 0 Å². The topological polar surface area (TPSA) is 92.3 Å². The second kappa shape index (κ2) is 32.6.